The Hall–Kier alpha value is -3.67. The summed E-state index contributed by atoms with van der Waals surface area (Å²) in [5.74, 6) is -0.982. The summed E-state index contributed by atoms with van der Waals surface area (Å²) in [5.41, 5.74) is 0. The smallest absolute Gasteiger partial charge is 0.306 e. The summed E-state index contributed by atoms with van der Waals surface area (Å²) in [5, 5.41) is 0. The first-order valence-corrected chi connectivity index (χ1v) is 31.2. The molecule has 1 atom stereocenters. The summed E-state index contributed by atoms with van der Waals surface area (Å²) < 4.78 is 16.9. The molecule has 0 N–H and O–H groups in total. The van der Waals surface area contributed by atoms with Crippen molar-refractivity contribution < 1.29 is 28.6 Å². The maximum Gasteiger partial charge on any atom is 0.306 e. The number of hydrogen-bond acceptors (Lipinski definition) is 6. The largest absolute Gasteiger partial charge is 0.462 e. The standard InChI is InChI=1S/C68H116O6/c1-4-7-10-13-16-19-22-25-28-31-34-37-40-43-46-49-52-55-58-61-67(70)73-64-65(63-72-66(69)60-57-54-51-48-45-42-39-36-33-30-27-24-21-18-15-12-9-6-3)74-68(71)62-59-56-53-50-47-44-41-38-35-32-29-26-23-20-17-14-11-8-5-2/h7,10,16-17,19-20,25-26,28-29,34,37,43,46,52,55,65H,4-6,8-9,11-15,18,21-24,27,30-33,35-36,38-42,44-45,47-51,53-54,56-64H2,1-3H3/b10-7-,19-16-,20-17-,28-25-,29-26-,37-34-,46-43-,55-52-. The fourth-order valence-corrected chi connectivity index (χ4v) is 8.68. The number of esters is 3. The second-order valence-corrected chi connectivity index (χ2v) is 20.6. The summed E-state index contributed by atoms with van der Waals surface area (Å²) in [6, 6.07) is 0. The minimum atomic E-state index is -0.811. The molecule has 0 aromatic rings. The molecule has 0 aliphatic rings. The second-order valence-electron chi connectivity index (χ2n) is 20.6. The van der Waals surface area contributed by atoms with Gasteiger partial charge in [-0.15, -0.1) is 0 Å². The topological polar surface area (TPSA) is 78.9 Å². The van der Waals surface area contributed by atoms with Gasteiger partial charge in [-0.2, -0.15) is 0 Å². The summed E-state index contributed by atoms with van der Waals surface area (Å²) in [6.07, 6.45) is 82.7. The molecule has 0 spiro atoms. The molecule has 0 rings (SSSR count). The van der Waals surface area contributed by atoms with Crippen LogP contribution in [-0.4, -0.2) is 37.2 Å². The Kier molecular flexibility index (Phi) is 58.8. The van der Waals surface area contributed by atoms with Crippen LogP contribution in [0.25, 0.3) is 0 Å². The van der Waals surface area contributed by atoms with Crippen molar-refractivity contribution in [1.29, 1.82) is 0 Å². The van der Waals surface area contributed by atoms with Crippen molar-refractivity contribution in [3.8, 4) is 0 Å². The number of carbonyl (C=O) groups is 3. The Labute approximate surface area is 457 Å². The van der Waals surface area contributed by atoms with E-state index in [0.29, 0.717) is 19.3 Å². The predicted molar refractivity (Wildman–Crippen MR) is 320 cm³/mol. The van der Waals surface area contributed by atoms with Crippen molar-refractivity contribution in [2.45, 2.75) is 303 Å². The van der Waals surface area contributed by atoms with Gasteiger partial charge in [0.2, 0.25) is 0 Å². The minimum absolute atomic E-state index is 0.100. The van der Waals surface area contributed by atoms with Gasteiger partial charge in [0, 0.05) is 19.3 Å². The number of allylic oxidation sites excluding steroid dienone is 16. The van der Waals surface area contributed by atoms with Crippen molar-refractivity contribution in [1.82, 2.24) is 0 Å². The highest BCUT2D eigenvalue weighted by molar-refractivity contribution is 5.71. The van der Waals surface area contributed by atoms with Gasteiger partial charge in [0.15, 0.2) is 6.10 Å². The Morgan fingerprint density at radius 1 is 0.284 bits per heavy atom. The van der Waals surface area contributed by atoms with E-state index in [1.807, 2.05) is 6.08 Å². The summed E-state index contributed by atoms with van der Waals surface area (Å²) in [6.45, 7) is 6.47. The first-order chi connectivity index (χ1) is 36.5. The van der Waals surface area contributed by atoms with E-state index in [1.165, 1.54) is 167 Å². The van der Waals surface area contributed by atoms with Gasteiger partial charge in [0.1, 0.15) is 13.2 Å². The fourth-order valence-electron chi connectivity index (χ4n) is 8.68. The summed E-state index contributed by atoms with van der Waals surface area (Å²) in [7, 11) is 0. The Morgan fingerprint density at radius 3 is 0.932 bits per heavy atom. The van der Waals surface area contributed by atoms with Crippen molar-refractivity contribution in [3.05, 3.63) is 97.2 Å². The van der Waals surface area contributed by atoms with E-state index in [1.54, 1.807) is 0 Å². The van der Waals surface area contributed by atoms with E-state index in [0.717, 1.165) is 83.5 Å². The van der Waals surface area contributed by atoms with E-state index >= 15 is 0 Å². The maximum absolute atomic E-state index is 12.9. The van der Waals surface area contributed by atoms with Crippen molar-refractivity contribution in [2.75, 3.05) is 13.2 Å². The van der Waals surface area contributed by atoms with E-state index in [-0.39, 0.29) is 37.5 Å². The molecule has 0 saturated heterocycles. The van der Waals surface area contributed by atoms with Gasteiger partial charge < -0.3 is 14.2 Å². The van der Waals surface area contributed by atoms with E-state index in [9.17, 15) is 14.4 Å². The third-order valence-corrected chi connectivity index (χ3v) is 13.3. The molecule has 0 bridgehead atoms. The van der Waals surface area contributed by atoms with Gasteiger partial charge in [-0.25, -0.2) is 0 Å². The first kappa shape index (κ1) is 70.3. The molecule has 0 amide bonds. The average Bonchev–Trinajstić information content (AvgIpc) is 3.40. The molecule has 6 heteroatoms. The highest BCUT2D eigenvalue weighted by atomic mass is 16.6. The number of carbonyl (C=O) groups excluding carboxylic acids is 3. The predicted octanol–water partition coefficient (Wildman–Crippen LogP) is 21.3. The second kappa shape index (κ2) is 61.9. The van der Waals surface area contributed by atoms with Gasteiger partial charge in [0.25, 0.3) is 0 Å². The molecule has 1 unspecified atom stereocenters. The summed E-state index contributed by atoms with van der Waals surface area (Å²) >= 11 is 0. The lowest BCUT2D eigenvalue weighted by atomic mass is 10.0. The van der Waals surface area contributed by atoms with Crippen LogP contribution in [0.1, 0.15) is 297 Å². The highest BCUT2D eigenvalue weighted by Crippen LogP contribution is 2.16. The molecule has 0 fully saturated rings. The Bertz CT molecular complexity index is 1460. The molecular weight excluding hydrogens is 913 g/mol. The zero-order valence-corrected chi connectivity index (χ0v) is 48.6. The number of rotatable bonds is 56. The van der Waals surface area contributed by atoms with Crippen LogP contribution in [0.15, 0.2) is 97.2 Å². The van der Waals surface area contributed by atoms with E-state index < -0.39 is 6.10 Å². The van der Waals surface area contributed by atoms with E-state index in [4.69, 9.17) is 14.2 Å². The number of unbranched alkanes of at least 4 members (excludes halogenated alkanes) is 29. The van der Waals surface area contributed by atoms with Crippen LogP contribution in [0, 0.1) is 0 Å². The lowest BCUT2D eigenvalue weighted by Crippen LogP contribution is -2.30. The SMILES string of the molecule is CC/C=C\C/C=C\C/C=C\C/C=C\C/C=C\C/C=C\CCC(=O)OCC(COC(=O)CCCCCCCCCCCCCCCCCCCC)OC(=O)CCCCCCCCCCC/C=C\C/C=C\CCCCC. The zero-order valence-electron chi connectivity index (χ0n) is 48.6. The maximum atomic E-state index is 12.9. The van der Waals surface area contributed by atoms with Crippen LogP contribution < -0.4 is 0 Å². The minimum Gasteiger partial charge on any atom is -0.462 e. The number of hydrogen-bond donors (Lipinski definition) is 0. The Morgan fingerprint density at radius 2 is 0.554 bits per heavy atom. The molecular formula is C68H116O6. The monoisotopic (exact) mass is 1030 g/mol. The van der Waals surface area contributed by atoms with Crippen LogP contribution in [0.2, 0.25) is 0 Å². The van der Waals surface area contributed by atoms with Crippen LogP contribution in [0.5, 0.6) is 0 Å². The molecule has 0 aliphatic heterocycles. The van der Waals surface area contributed by atoms with Gasteiger partial charge in [-0.05, 0) is 89.9 Å². The molecule has 74 heavy (non-hydrogen) atoms. The molecule has 0 aromatic carbocycles. The summed E-state index contributed by atoms with van der Waals surface area (Å²) in [4.78, 5) is 38.3. The molecule has 0 radical (unpaired) electrons. The van der Waals surface area contributed by atoms with Crippen molar-refractivity contribution >= 4 is 17.9 Å². The van der Waals surface area contributed by atoms with Crippen LogP contribution in [0.3, 0.4) is 0 Å². The molecule has 424 valence electrons. The molecule has 0 heterocycles. The molecule has 0 aromatic heterocycles. The normalized spacial score (nSPS) is 12.7. The quantitative estimate of drug-likeness (QED) is 0.0261. The number of ether oxygens (including phenoxy) is 3. The van der Waals surface area contributed by atoms with Gasteiger partial charge in [0.05, 0.1) is 0 Å². The molecule has 6 nitrogen and oxygen atoms in total. The van der Waals surface area contributed by atoms with Crippen LogP contribution in [0.4, 0.5) is 0 Å². The first-order valence-electron chi connectivity index (χ1n) is 31.2. The third kappa shape index (κ3) is 59.2. The van der Waals surface area contributed by atoms with Crippen LogP contribution in [-0.2, 0) is 28.6 Å². The van der Waals surface area contributed by atoms with Gasteiger partial charge in [-0.3, -0.25) is 14.4 Å². The third-order valence-electron chi connectivity index (χ3n) is 13.3. The average molecular weight is 1030 g/mol. The lowest BCUT2D eigenvalue weighted by Gasteiger charge is -2.18. The molecule has 0 aliphatic carbocycles. The molecule has 0 saturated carbocycles. The lowest BCUT2D eigenvalue weighted by molar-refractivity contribution is -0.166. The highest BCUT2D eigenvalue weighted by Gasteiger charge is 2.19. The van der Waals surface area contributed by atoms with Crippen LogP contribution >= 0.6 is 0 Å². The Balaban J connectivity index is 4.48. The zero-order chi connectivity index (χ0) is 53.6. The van der Waals surface area contributed by atoms with Crippen molar-refractivity contribution in [3.63, 3.8) is 0 Å². The fraction of sp³-hybridized carbons (Fsp3) is 0.721. The van der Waals surface area contributed by atoms with Gasteiger partial charge >= 0.3 is 17.9 Å². The van der Waals surface area contributed by atoms with Crippen molar-refractivity contribution in [2.24, 2.45) is 0 Å². The van der Waals surface area contributed by atoms with E-state index in [2.05, 4.69) is 112 Å². The van der Waals surface area contributed by atoms with Gasteiger partial charge in [-0.1, -0.05) is 285 Å².